The first-order valence-corrected chi connectivity index (χ1v) is 7.88. The largest absolute Gasteiger partial charge is 0.0654 e. The van der Waals surface area contributed by atoms with Crippen molar-refractivity contribution in [3.05, 3.63) is 59.7 Å². The SMILES string of the molecule is CCCCc1c(CC(C)C)cccc1-c1ccccc1. The highest BCUT2D eigenvalue weighted by molar-refractivity contribution is 5.68. The van der Waals surface area contributed by atoms with Crippen molar-refractivity contribution in [2.24, 2.45) is 5.92 Å². The second kappa shape index (κ2) is 7.28. The Kier molecular flexibility index (Phi) is 5.40. The molecule has 0 nitrogen and oxygen atoms in total. The Morgan fingerprint density at radius 2 is 1.65 bits per heavy atom. The van der Waals surface area contributed by atoms with E-state index in [1.807, 2.05) is 0 Å². The number of benzene rings is 2. The normalized spacial score (nSPS) is 11.0. The first kappa shape index (κ1) is 14.8. The summed E-state index contributed by atoms with van der Waals surface area (Å²) < 4.78 is 0. The molecule has 0 aliphatic rings. The molecule has 0 saturated heterocycles. The molecule has 0 unspecified atom stereocenters. The van der Waals surface area contributed by atoms with Crippen LogP contribution in [0, 0.1) is 5.92 Å². The standard InChI is InChI=1S/C20H26/c1-4-5-13-20-18(15-16(2)3)12-9-14-19(20)17-10-7-6-8-11-17/h6-12,14,16H,4-5,13,15H2,1-3H3. The van der Waals surface area contributed by atoms with Crippen LogP contribution in [0.4, 0.5) is 0 Å². The lowest BCUT2D eigenvalue weighted by atomic mass is 9.88. The second-order valence-corrected chi connectivity index (χ2v) is 6.01. The molecule has 0 N–H and O–H groups in total. The third kappa shape index (κ3) is 3.72. The lowest BCUT2D eigenvalue weighted by molar-refractivity contribution is 0.640. The van der Waals surface area contributed by atoms with Crippen molar-refractivity contribution in [1.29, 1.82) is 0 Å². The fourth-order valence-corrected chi connectivity index (χ4v) is 2.80. The lowest BCUT2D eigenvalue weighted by Gasteiger charge is -2.16. The topological polar surface area (TPSA) is 0 Å². The van der Waals surface area contributed by atoms with E-state index in [1.54, 1.807) is 5.56 Å². The minimum absolute atomic E-state index is 0.710. The highest BCUT2D eigenvalue weighted by atomic mass is 14.2. The summed E-state index contributed by atoms with van der Waals surface area (Å²) in [6.07, 6.45) is 4.91. The maximum Gasteiger partial charge on any atom is -0.0149 e. The molecule has 2 rings (SSSR count). The summed E-state index contributed by atoms with van der Waals surface area (Å²) in [7, 11) is 0. The van der Waals surface area contributed by atoms with Crippen molar-refractivity contribution >= 4 is 0 Å². The molecule has 0 amide bonds. The summed E-state index contributed by atoms with van der Waals surface area (Å²) in [6.45, 7) is 6.88. The lowest BCUT2D eigenvalue weighted by Crippen LogP contribution is -2.02. The number of hydrogen-bond acceptors (Lipinski definition) is 0. The molecule has 2 aromatic carbocycles. The number of rotatable bonds is 6. The average molecular weight is 266 g/mol. The number of unbranched alkanes of at least 4 members (excludes halogenated alkanes) is 1. The van der Waals surface area contributed by atoms with Gasteiger partial charge in [-0.3, -0.25) is 0 Å². The zero-order valence-corrected chi connectivity index (χ0v) is 13.0. The fraction of sp³-hybridized carbons (Fsp3) is 0.400. The molecule has 20 heavy (non-hydrogen) atoms. The van der Waals surface area contributed by atoms with Gasteiger partial charge < -0.3 is 0 Å². The van der Waals surface area contributed by atoms with Gasteiger partial charge in [0.15, 0.2) is 0 Å². The maximum absolute atomic E-state index is 2.32. The van der Waals surface area contributed by atoms with Crippen LogP contribution < -0.4 is 0 Å². The Morgan fingerprint density at radius 3 is 2.30 bits per heavy atom. The van der Waals surface area contributed by atoms with E-state index in [-0.39, 0.29) is 0 Å². The summed E-state index contributed by atoms with van der Waals surface area (Å²) >= 11 is 0. The molecular formula is C20H26. The van der Waals surface area contributed by atoms with Crippen molar-refractivity contribution in [3.8, 4) is 11.1 Å². The molecule has 0 heterocycles. The van der Waals surface area contributed by atoms with E-state index < -0.39 is 0 Å². The first-order valence-electron chi connectivity index (χ1n) is 7.88. The van der Waals surface area contributed by atoms with Crippen molar-refractivity contribution in [2.45, 2.75) is 46.5 Å². The van der Waals surface area contributed by atoms with Crippen LogP contribution in [0.5, 0.6) is 0 Å². The molecule has 0 aliphatic carbocycles. The van der Waals surface area contributed by atoms with E-state index in [9.17, 15) is 0 Å². The van der Waals surface area contributed by atoms with Gasteiger partial charge in [-0.1, -0.05) is 75.7 Å². The maximum atomic E-state index is 2.32. The van der Waals surface area contributed by atoms with Crippen LogP contribution in [-0.4, -0.2) is 0 Å². The fourth-order valence-electron chi connectivity index (χ4n) is 2.80. The summed E-state index contributed by atoms with van der Waals surface area (Å²) in [5, 5.41) is 0. The van der Waals surface area contributed by atoms with Gasteiger partial charge in [0.25, 0.3) is 0 Å². The Hall–Kier alpha value is -1.56. The molecular weight excluding hydrogens is 240 g/mol. The molecule has 2 aromatic rings. The predicted molar refractivity (Wildman–Crippen MR) is 89.0 cm³/mol. The van der Waals surface area contributed by atoms with Gasteiger partial charge in [-0.2, -0.15) is 0 Å². The van der Waals surface area contributed by atoms with Crippen molar-refractivity contribution in [3.63, 3.8) is 0 Å². The van der Waals surface area contributed by atoms with Gasteiger partial charge in [0.05, 0.1) is 0 Å². The zero-order chi connectivity index (χ0) is 14.4. The summed E-state index contributed by atoms with van der Waals surface area (Å²) in [4.78, 5) is 0. The quantitative estimate of drug-likeness (QED) is 0.611. The van der Waals surface area contributed by atoms with E-state index in [2.05, 4.69) is 69.3 Å². The predicted octanol–water partition coefficient (Wildman–Crippen LogP) is 5.89. The highest BCUT2D eigenvalue weighted by Crippen LogP contribution is 2.29. The molecule has 0 atom stereocenters. The van der Waals surface area contributed by atoms with E-state index in [0.29, 0.717) is 5.92 Å². The van der Waals surface area contributed by atoms with Crippen LogP contribution in [0.25, 0.3) is 11.1 Å². The van der Waals surface area contributed by atoms with Crippen molar-refractivity contribution in [2.75, 3.05) is 0 Å². The van der Waals surface area contributed by atoms with E-state index in [4.69, 9.17) is 0 Å². The van der Waals surface area contributed by atoms with E-state index >= 15 is 0 Å². The molecule has 0 heteroatoms. The van der Waals surface area contributed by atoms with Crippen molar-refractivity contribution in [1.82, 2.24) is 0 Å². The molecule has 0 radical (unpaired) electrons. The van der Waals surface area contributed by atoms with Crippen LogP contribution in [0.3, 0.4) is 0 Å². The third-order valence-corrected chi connectivity index (χ3v) is 3.77. The van der Waals surface area contributed by atoms with Gasteiger partial charge in [0, 0.05) is 0 Å². The van der Waals surface area contributed by atoms with Crippen LogP contribution in [-0.2, 0) is 12.8 Å². The van der Waals surface area contributed by atoms with E-state index in [1.165, 1.54) is 42.4 Å². The summed E-state index contributed by atoms with van der Waals surface area (Å²) in [5.74, 6) is 0.710. The van der Waals surface area contributed by atoms with Gasteiger partial charge in [0.1, 0.15) is 0 Å². The van der Waals surface area contributed by atoms with Crippen LogP contribution in [0.1, 0.15) is 44.7 Å². The van der Waals surface area contributed by atoms with Gasteiger partial charge in [0.2, 0.25) is 0 Å². The Balaban J connectivity index is 2.44. The molecule has 0 aliphatic heterocycles. The van der Waals surface area contributed by atoms with Crippen LogP contribution >= 0.6 is 0 Å². The molecule has 0 saturated carbocycles. The van der Waals surface area contributed by atoms with Gasteiger partial charge in [-0.05, 0) is 47.4 Å². The van der Waals surface area contributed by atoms with Gasteiger partial charge in [-0.25, -0.2) is 0 Å². The smallest absolute Gasteiger partial charge is 0.0149 e. The number of hydrogen-bond donors (Lipinski definition) is 0. The van der Waals surface area contributed by atoms with Gasteiger partial charge in [-0.15, -0.1) is 0 Å². The summed E-state index contributed by atoms with van der Waals surface area (Å²) in [5.41, 5.74) is 5.88. The first-order chi connectivity index (χ1) is 9.72. The minimum Gasteiger partial charge on any atom is -0.0654 e. The van der Waals surface area contributed by atoms with Crippen LogP contribution in [0.15, 0.2) is 48.5 Å². The Labute approximate surface area is 123 Å². The Bertz CT molecular complexity index is 523. The molecule has 106 valence electrons. The second-order valence-electron chi connectivity index (χ2n) is 6.01. The zero-order valence-electron chi connectivity index (χ0n) is 13.0. The monoisotopic (exact) mass is 266 g/mol. The van der Waals surface area contributed by atoms with E-state index in [0.717, 1.165) is 0 Å². The van der Waals surface area contributed by atoms with Crippen LogP contribution in [0.2, 0.25) is 0 Å². The average Bonchev–Trinajstić information content (AvgIpc) is 2.46. The van der Waals surface area contributed by atoms with Gasteiger partial charge >= 0.3 is 0 Å². The molecule has 0 spiro atoms. The third-order valence-electron chi connectivity index (χ3n) is 3.77. The molecule has 0 fully saturated rings. The summed E-state index contributed by atoms with van der Waals surface area (Å²) in [6, 6.07) is 17.6. The Morgan fingerprint density at radius 1 is 0.900 bits per heavy atom. The highest BCUT2D eigenvalue weighted by Gasteiger charge is 2.10. The minimum atomic E-state index is 0.710. The molecule has 0 aromatic heterocycles. The van der Waals surface area contributed by atoms with Crippen molar-refractivity contribution < 1.29 is 0 Å². The molecule has 0 bridgehead atoms.